The first-order valence-corrected chi connectivity index (χ1v) is 22.6. The summed E-state index contributed by atoms with van der Waals surface area (Å²) in [7, 11) is 6.96. The van der Waals surface area contributed by atoms with Gasteiger partial charge in [0, 0.05) is 51.9 Å². The summed E-state index contributed by atoms with van der Waals surface area (Å²) in [4.78, 5) is 42.0. The number of nitrogens with two attached hydrogens (primary N) is 1. The first-order chi connectivity index (χ1) is 28.5. The van der Waals surface area contributed by atoms with Crippen molar-refractivity contribution in [2.75, 3.05) is 41.5 Å². The van der Waals surface area contributed by atoms with Crippen molar-refractivity contribution in [3.63, 3.8) is 0 Å². The van der Waals surface area contributed by atoms with Crippen molar-refractivity contribution in [2.24, 2.45) is 34.6 Å². The van der Waals surface area contributed by atoms with E-state index in [0.29, 0.717) is 26.0 Å². The Balaban J connectivity index is 1.89. The molecule has 0 amide bonds. The molecule has 3 N–H and O–H groups in total. The topological polar surface area (TPSA) is 215 Å². The van der Waals surface area contributed by atoms with E-state index < -0.39 is 112 Å². The van der Waals surface area contributed by atoms with Gasteiger partial charge in [0.15, 0.2) is 34.5 Å². The maximum absolute atomic E-state index is 14.6. The van der Waals surface area contributed by atoms with Gasteiger partial charge in [-0.3, -0.25) is 9.59 Å². The summed E-state index contributed by atoms with van der Waals surface area (Å²) in [5.74, 6) is -4.12. The second-order valence-electron chi connectivity index (χ2n) is 18.1. The fourth-order valence-electron chi connectivity index (χ4n) is 9.70. The number of alkyl halides is 1. The first-order valence-electron chi connectivity index (χ1n) is 21.3. The van der Waals surface area contributed by atoms with E-state index in [0.717, 1.165) is 0 Å². The van der Waals surface area contributed by atoms with Crippen LogP contribution in [0.5, 0.6) is 0 Å². The molecule has 0 aromatic carbocycles. The molecule has 0 aromatic rings. The van der Waals surface area contributed by atoms with Crippen molar-refractivity contribution in [1.82, 2.24) is 4.90 Å². The number of rotatable bonds is 12. The second kappa shape index (κ2) is 21.4. The lowest BCUT2D eigenvalue weighted by Crippen LogP contribution is -2.62. The average Bonchev–Trinajstić information content (AvgIpc) is 3.51. The minimum absolute atomic E-state index is 0.192. The van der Waals surface area contributed by atoms with E-state index in [9.17, 15) is 19.6 Å². The molecule has 18 nitrogen and oxygen atoms in total. The molecule has 0 spiro atoms. The van der Waals surface area contributed by atoms with Gasteiger partial charge in [0.1, 0.15) is 6.10 Å². The van der Waals surface area contributed by atoms with Crippen LogP contribution in [0, 0.1) is 23.7 Å². The van der Waals surface area contributed by atoms with Gasteiger partial charge in [0.2, 0.25) is 0 Å². The summed E-state index contributed by atoms with van der Waals surface area (Å²) >= 11 is 1.93. The summed E-state index contributed by atoms with van der Waals surface area (Å²) < 4.78 is 68.4. The third-order valence-electron chi connectivity index (χ3n) is 13.2. The lowest BCUT2D eigenvalue weighted by molar-refractivity contribution is -0.322. The molecule has 0 saturated carbocycles. The minimum Gasteiger partial charge on any atom is -0.455 e. The Hall–Kier alpha value is -1.95. The van der Waals surface area contributed by atoms with E-state index in [1.807, 2.05) is 83.1 Å². The van der Waals surface area contributed by atoms with Crippen LogP contribution in [-0.4, -0.2) is 158 Å². The van der Waals surface area contributed by atoms with Crippen LogP contribution in [0.15, 0.2) is 5.16 Å². The van der Waals surface area contributed by atoms with Crippen molar-refractivity contribution < 1.29 is 71.7 Å². The van der Waals surface area contributed by atoms with Gasteiger partial charge < -0.3 is 67.9 Å². The summed E-state index contributed by atoms with van der Waals surface area (Å²) in [6, 6.07) is -0.274. The Morgan fingerprint density at radius 2 is 1.57 bits per heavy atom. The normalized spacial score (nSPS) is 44.7. The standard InChI is InChI=1S/C42H72IN3O15/c1-21-19-40(8,51-13)33(58-37-32(56-27(7)47)28(46(11)12)18-22(2)54-37)24(4)31(57-29-20-41(9,52-14)35(26(6)55-29)53-17-15-16-44)25(5)36(48)60-38(43)42(10)34(59-39(49)61-42)23(3)30(21)45-50/h21-26,28-29,31-35,37-38,50H,15-20,44H2,1-14H3/b45-30+/t21-,22-,23+,24+,25-,26+,28+,29+,31+,32-,33-,34-,35+,37+,38+,40-,41-,42+/m1/s1. The predicted molar refractivity (Wildman–Crippen MR) is 229 cm³/mol. The maximum atomic E-state index is 14.6. The number of esters is 2. The van der Waals surface area contributed by atoms with Crippen LogP contribution in [0.4, 0.5) is 4.79 Å². The summed E-state index contributed by atoms with van der Waals surface area (Å²) in [5.41, 5.74) is 2.46. The van der Waals surface area contributed by atoms with Crippen molar-refractivity contribution in [3.05, 3.63) is 0 Å². The van der Waals surface area contributed by atoms with Gasteiger partial charge in [-0.15, -0.1) is 0 Å². The fraction of sp³-hybridized carbons (Fsp3) is 0.905. The Bertz CT molecular complexity index is 1530. The highest BCUT2D eigenvalue weighted by atomic mass is 127. The summed E-state index contributed by atoms with van der Waals surface area (Å²) in [6.07, 6.45) is -6.38. The van der Waals surface area contributed by atoms with Gasteiger partial charge in [-0.25, -0.2) is 4.79 Å². The number of hydrogen-bond acceptors (Lipinski definition) is 18. The lowest BCUT2D eigenvalue weighted by Gasteiger charge is -2.50. The van der Waals surface area contributed by atoms with Crippen molar-refractivity contribution >= 4 is 46.4 Å². The molecule has 4 heterocycles. The largest absolute Gasteiger partial charge is 0.509 e. The van der Waals surface area contributed by atoms with E-state index in [1.165, 1.54) is 6.92 Å². The summed E-state index contributed by atoms with van der Waals surface area (Å²) in [5, 5.41) is 14.4. The molecule has 4 aliphatic heterocycles. The van der Waals surface area contributed by atoms with Crippen LogP contribution < -0.4 is 5.73 Å². The number of ether oxygens (including phenoxy) is 11. The number of fused-ring (bicyclic) bond motifs is 1. The zero-order chi connectivity index (χ0) is 45.8. The van der Waals surface area contributed by atoms with Crippen molar-refractivity contribution in [3.8, 4) is 0 Å². The number of cyclic esters (lactones) is 1. The van der Waals surface area contributed by atoms with E-state index in [4.69, 9.17) is 57.8 Å². The first kappa shape index (κ1) is 51.7. The van der Waals surface area contributed by atoms with Gasteiger partial charge in [-0.2, -0.15) is 0 Å². The Morgan fingerprint density at radius 3 is 2.15 bits per heavy atom. The molecular weight excluding hydrogens is 913 g/mol. The van der Waals surface area contributed by atoms with Gasteiger partial charge in [-0.05, 0) is 104 Å². The molecule has 352 valence electrons. The molecule has 4 aliphatic rings. The van der Waals surface area contributed by atoms with Crippen LogP contribution in [0.25, 0.3) is 0 Å². The molecule has 0 bridgehead atoms. The maximum Gasteiger partial charge on any atom is 0.509 e. The predicted octanol–water partition coefficient (Wildman–Crippen LogP) is 4.81. The Morgan fingerprint density at radius 1 is 0.934 bits per heavy atom. The molecule has 0 aliphatic carbocycles. The van der Waals surface area contributed by atoms with Gasteiger partial charge in [0.05, 0.1) is 53.3 Å². The van der Waals surface area contributed by atoms with Crippen molar-refractivity contribution in [2.45, 2.75) is 177 Å². The monoisotopic (exact) mass is 985 g/mol. The second-order valence-corrected chi connectivity index (χ2v) is 19.3. The Labute approximate surface area is 374 Å². The molecule has 0 unspecified atom stereocenters. The highest BCUT2D eigenvalue weighted by Crippen LogP contribution is 2.45. The van der Waals surface area contributed by atoms with Crippen LogP contribution in [0.3, 0.4) is 0 Å². The summed E-state index contributed by atoms with van der Waals surface area (Å²) in [6.45, 7) is 18.7. The zero-order valence-electron chi connectivity index (χ0n) is 38.4. The average molecular weight is 986 g/mol. The molecular formula is C42H72IN3O15. The molecule has 18 atom stereocenters. The van der Waals surface area contributed by atoms with E-state index in [2.05, 4.69) is 5.16 Å². The molecule has 4 rings (SSSR count). The fourth-order valence-corrected chi connectivity index (χ4v) is 10.4. The van der Waals surface area contributed by atoms with Crippen LogP contribution >= 0.6 is 22.6 Å². The number of halogens is 1. The van der Waals surface area contributed by atoms with Crippen molar-refractivity contribution in [1.29, 1.82) is 0 Å². The number of hydrogen-bond donors (Lipinski definition) is 2. The molecule has 4 saturated heterocycles. The third-order valence-corrected chi connectivity index (χ3v) is 14.7. The zero-order valence-corrected chi connectivity index (χ0v) is 40.6. The van der Waals surface area contributed by atoms with Crippen LogP contribution in [-0.2, 0) is 61.7 Å². The van der Waals surface area contributed by atoms with Crippen LogP contribution in [0.1, 0.15) is 94.9 Å². The number of nitrogens with zero attached hydrogens (tertiary/aromatic N) is 2. The van der Waals surface area contributed by atoms with E-state index in [-0.39, 0.29) is 30.7 Å². The lowest BCUT2D eigenvalue weighted by atomic mass is 9.74. The molecule has 19 heteroatoms. The molecule has 0 aromatic heterocycles. The smallest absolute Gasteiger partial charge is 0.455 e. The number of carbonyl (C=O) groups excluding carboxylic acids is 3. The molecule has 4 fully saturated rings. The highest BCUT2D eigenvalue weighted by molar-refractivity contribution is 14.1. The number of likely N-dealkylation sites (N-methyl/N-ethyl adjacent to an activating group) is 1. The van der Waals surface area contributed by atoms with Gasteiger partial charge in [0.25, 0.3) is 0 Å². The number of carbonyl (C=O) groups is 3. The minimum atomic E-state index is -1.48. The Kier molecular flexibility index (Phi) is 18.1. The van der Waals surface area contributed by atoms with Gasteiger partial charge in [-0.1, -0.05) is 25.9 Å². The molecule has 0 radical (unpaired) electrons. The third kappa shape index (κ3) is 11.5. The quantitative estimate of drug-likeness (QED) is 0.0511. The van der Waals surface area contributed by atoms with E-state index in [1.54, 1.807) is 35.0 Å². The highest BCUT2D eigenvalue weighted by Gasteiger charge is 2.59. The number of oxime groups is 1. The van der Waals surface area contributed by atoms with Gasteiger partial charge >= 0.3 is 18.1 Å². The number of methoxy groups -OCH3 is 2. The molecule has 61 heavy (non-hydrogen) atoms. The van der Waals surface area contributed by atoms with Crippen LogP contribution in [0.2, 0.25) is 0 Å². The van der Waals surface area contributed by atoms with E-state index >= 15 is 0 Å². The SMILES string of the molecule is CO[C@]1(C)C[C@@H](C)/C(=N\O)[C@H](C)[C@H]2OC(=O)O[C@]2(C)[C@@H](I)OC(=O)[C@H](C)[C@@H](O[C@H]2C[C@@](C)(OC)[C@@H](OCCCN)[C@H](C)O2)[C@H](C)[C@H]1O[C@@H]1O[C@H](C)C[C@H](N(C)C)[C@H]1OC(C)=O.